The third-order valence-electron chi connectivity index (χ3n) is 3.07. The average Bonchev–Trinajstić information content (AvgIpc) is 2.35. The van der Waals surface area contributed by atoms with Crippen LogP contribution in [0.25, 0.3) is 0 Å². The Kier molecular flexibility index (Phi) is 5.63. The molecule has 0 aromatic heterocycles. The molecular weight excluding hydrogens is 242 g/mol. The van der Waals surface area contributed by atoms with Crippen molar-refractivity contribution in [3.8, 4) is 5.75 Å². The second kappa shape index (κ2) is 6.99. The fraction of sp³-hybridized carbons (Fsp3) is 0.500. The van der Waals surface area contributed by atoms with Gasteiger partial charge in [-0.25, -0.2) is 0 Å². The first-order valence-corrected chi connectivity index (χ1v) is 6.51. The van der Waals surface area contributed by atoms with Crippen LogP contribution in [-0.2, 0) is 11.3 Å². The number of rotatable bonds is 6. The zero-order chi connectivity index (χ0) is 14.4. The number of aromatic hydroxyl groups is 1. The van der Waals surface area contributed by atoms with Crippen LogP contribution < -0.4 is 5.73 Å². The average molecular weight is 265 g/mol. The molecule has 1 amide bonds. The summed E-state index contributed by atoms with van der Waals surface area (Å²) < 4.78 is 0. The van der Waals surface area contributed by atoms with E-state index in [0.717, 1.165) is 18.7 Å². The molecule has 106 valence electrons. The van der Waals surface area contributed by atoms with Crippen LogP contribution >= 0.6 is 0 Å². The van der Waals surface area contributed by atoms with Crippen molar-refractivity contribution in [1.29, 1.82) is 0 Å². The van der Waals surface area contributed by atoms with Crippen LogP contribution in [0.3, 0.4) is 0 Å². The molecule has 0 aliphatic rings. The lowest BCUT2D eigenvalue weighted by Gasteiger charge is -2.23. The standard InChI is InChI=1S/C14H23N3O2/c1-4-17(5-2)14(19)10-16(3)9-11-6-7-13(18)12(15)8-11/h6-8,18H,4-5,9-10,15H2,1-3H3. The van der Waals surface area contributed by atoms with Gasteiger partial charge in [-0.15, -0.1) is 0 Å². The number of carbonyl (C=O) groups excluding carboxylic acids is 1. The lowest BCUT2D eigenvalue weighted by atomic mass is 10.2. The van der Waals surface area contributed by atoms with Crippen molar-refractivity contribution in [2.45, 2.75) is 20.4 Å². The van der Waals surface area contributed by atoms with Crippen LogP contribution in [0.15, 0.2) is 18.2 Å². The molecule has 0 bridgehead atoms. The number of likely N-dealkylation sites (N-methyl/N-ethyl adjacent to an activating group) is 2. The molecule has 0 spiro atoms. The third kappa shape index (κ3) is 4.44. The van der Waals surface area contributed by atoms with Crippen molar-refractivity contribution in [3.63, 3.8) is 0 Å². The van der Waals surface area contributed by atoms with Gasteiger partial charge >= 0.3 is 0 Å². The minimum atomic E-state index is 0.0885. The highest BCUT2D eigenvalue weighted by Gasteiger charge is 2.12. The van der Waals surface area contributed by atoms with Crippen molar-refractivity contribution in [3.05, 3.63) is 23.8 Å². The SMILES string of the molecule is CCN(CC)C(=O)CN(C)Cc1ccc(O)c(N)c1. The van der Waals surface area contributed by atoms with Crippen molar-refractivity contribution in [1.82, 2.24) is 9.80 Å². The van der Waals surface area contributed by atoms with E-state index in [1.165, 1.54) is 0 Å². The van der Waals surface area contributed by atoms with E-state index in [4.69, 9.17) is 5.73 Å². The van der Waals surface area contributed by atoms with E-state index < -0.39 is 0 Å². The highest BCUT2D eigenvalue weighted by atomic mass is 16.3. The van der Waals surface area contributed by atoms with E-state index >= 15 is 0 Å². The Morgan fingerprint density at radius 3 is 2.47 bits per heavy atom. The van der Waals surface area contributed by atoms with Crippen molar-refractivity contribution in [2.75, 3.05) is 32.4 Å². The van der Waals surface area contributed by atoms with Gasteiger partial charge < -0.3 is 15.7 Å². The van der Waals surface area contributed by atoms with Gasteiger partial charge in [0.25, 0.3) is 0 Å². The van der Waals surface area contributed by atoms with Crippen LogP contribution in [0, 0.1) is 0 Å². The number of benzene rings is 1. The maximum absolute atomic E-state index is 11.9. The van der Waals surface area contributed by atoms with E-state index in [9.17, 15) is 9.90 Å². The van der Waals surface area contributed by atoms with Crippen molar-refractivity contribution in [2.24, 2.45) is 0 Å². The largest absolute Gasteiger partial charge is 0.506 e. The summed E-state index contributed by atoms with van der Waals surface area (Å²) in [7, 11) is 1.89. The van der Waals surface area contributed by atoms with Gasteiger partial charge in [0, 0.05) is 19.6 Å². The lowest BCUT2D eigenvalue weighted by Crippen LogP contribution is -2.38. The summed E-state index contributed by atoms with van der Waals surface area (Å²) >= 11 is 0. The second-order valence-electron chi connectivity index (χ2n) is 4.63. The minimum absolute atomic E-state index is 0.0885. The molecule has 1 rings (SSSR count). The Morgan fingerprint density at radius 2 is 1.95 bits per heavy atom. The van der Waals surface area contributed by atoms with Crippen molar-refractivity contribution < 1.29 is 9.90 Å². The monoisotopic (exact) mass is 265 g/mol. The number of phenols is 1. The van der Waals surface area contributed by atoms with Gasteiger partial charge in [0.05, 0.1) is 12.2 Å². The topological polar surface area (TPSA) is 69.8 Å². The van der Waals surface area contributed by atoms with Crippen molar-refractivity contribution >= 4 is 11.6 Å². The molecule has 0 unspecified atom stereocenters. The third-order valence-corrected chi connectivity index (χ3v) is 3.07. The van der Waals surface area contributed by atoms with Gasteiger partial charge in [0.2, 0.25) is 5.91 Å². The highest BCUT2D eigenvalue weighted by molar-refractivity contribution is 5.78. The predicted octanol–water partition coefficient (Wildman–Crippen LogP) is 1.27. The Balaban J connectivity index is 2.57. The number of anilines is 1. The van der Waals surface area contributed by atoms with E-state index in [-0.39, 0.29) is 11.7 Å². The first-order valence-electron chi connectivity index (χ1n) is 6.51. The number of nitrogens with two attached hydrogens (primary N) is 1. The number of hydrogen-bond acceptors (Lipinski definition) is 4. The van der Waals surface area contributed by atoms with Crippen LogP contribution in [0.4, 0.5) is 5.69 Å². The summed E-state index contributed by atoms with van der Waals surface area (Å²) in [6.07, 6.45) is 0. The zero-order valence-electron chi connectivity index (χ0n) is 11.9. The first kappa shape index (κ1) is 15.3. The number of carbonyl (C=O) groups is 1. The molecule has 1 aromatic rings. The molecule has 0 atom stereocenters. The van der Waals surface area contributed by atoms with E-state index in [2.05, 4.69) is 0 Å². The second-order valence-corrected chi connectivity index (χ2v) is 4.63. The minimum Gasteiger partial charge on any atom is -0.506 e. The zero-order valence-corrected chi connectivity index (χ0v) is 11.9. The van der Waals surface area contributed by atoms with Gasteiger partial charge in [-0.3, -0.25) is 9.69 Å². The quantitative estimate of drug-likeness (QED) is 0.600. The Morgan fingerprint density at radius 1 is 1.32 bits per heavy atom. The first-order chi connectivity index (χ1) is 8.97. The van der Waals surface area contributed by atoms with Crippen LogP contribution in [0.2, 0.25) is 0 Å². The molecule has 3 N–H and O–H groups in total. The van der Waals surface area contributed by atoms with Gasteiger partial charge in [0.1, 0.15) is 5.75 Å². The molecule has 19 heavy (non-hydrogen) atoms. The summed E-state index contributed by atoms with van der Waals surface area (Å²) in [5.41, 5.74) is 6.98. The normalized spacial score (nSPS) is 10.7. The highest BCUT2D eigenvalue weighted by Crippen LogP contribution is 2.20. The summed E-state index contributed by atoms with van der Waals surface area (Å²) in [5, 5.41) is 9.36. The van der Waals surface area contributed by atoms with Gasteiger partial charge in [0.15, 0.2) is 0 Å². The predicted molar refractivity (Wildman–Crippen MR) is 76.8 cm³/mol. The molecule has 0 aliphatic heterocycles. The molecule has 0 radical (unpaired) electrons. The van der Waals surface area contributed by atoms with Gasteiger partial charge in [-0.1, -0.05) is 6.07 Å². The molecule has 1 aromatic carbocycles. The van der Waals surface area contributed by atoms with Crippen LogP contribution in [-0.4, -0.2) is 47.5 Å². The Labute approximate surface area is 114 Å². The molecule has 5 nitrogen and oxygen atoms in total. The van der Waals surface area contributed by atoms with Gasteiger partial charge in [-0.2, -0.15) is 0 Å². The smallest absolute Gasteiger partial charge is 0.236 e. The molecular formula is C14H23N3O2. The molecule has 0 saturated carbocycles. The number of amides is 1. The molecule has 5 heteroatoms. The Hall–Kier alpha value is -1.75. The fourth-order valence-corrected chi connectivity index (χ4v) is 1.98. The number of hydrogen-bond donors (Lipinski definition) is 2. The number of phenolic OH excluding ortho intramolecular Hbond substituents is 1. The van der Waals surface area contributed by atoms with Crippen LogP contribution in [0.1, 0.15) is 19.4 Å². The molecule has 0 aliphatic carbocycles. The van der Waals surface area contributed by atoms with E-state index in [1.54, 1.807) is 12.1 Å². The lowest BCUT2D eigenvalue weighted by molar-refractivity contribution is -0.131. The Bertz CT molecular complexity index is 431. The van der Waals surface area contributed by atoms with Gasteiger partial charge in [-0.05, 0) is 38.6 Å². The molecule has 0 fully saturated rings. The summed E-state index contributed by atoms with van der Waals surface area (Å²) in [5.74, 6) is 0.213. The van der Waals surface area contributed by atoms with Crippen LogP contribution in [0.5, 0.6) is 5.75 Å². The summed E-state index contributed by atoms with van der Waals surface area (Å²) in [6, 6.07) is 5.11. The van der Waals surface area contributed by atoms with E-state index in [1.807, 2.05) is 36.8 Å². The molecule has 0 saturated heterocycles. The summed E-state index contributed by atoms with van der Waals surface area (Å²) in [4.78, 5) is 15.7. The fourth-order valence-electron chi connectivity index (χ4n) is 1.98. The number of nitrogen functional groups attached to an aromatic ring is 1. The maximum Gasteiger partial charge on any atom is 0.236 e. The van der Waals surface area contributed by atoms with E-state index in [0.29, 0.717) is 18.8 Å². The molecule has 0 heterocycles. The number of nitrogens with zero attached hydrogens (tertiary/aromatic N) is 2. The maximum atomic E-state index is 11.9. The summed E-state index contributed by atoms with van der Waals surface area (Å²) in [6.45, 7) is 6.41.